The molecule has 0 spiro atoms. The van der Waals surface area contributed by atoms with E-state index < -0.39 is 0 Å². The van der Waals surface area contributed by atoms with Gasteiger partial charge in [-0.25, -0.2) is 0 Å². The lowest BCUT2D eigenvalue weighted by Crippen LogP contribution is -2.17. The fourth-order valence-electron chi connectivity index (χ4n) is 2.69. The second kappa shape index (κ2) is 6.53. The van der Waals surface area contributed by atoms with Crippen LogP contribution in [0.15, 0.2) is 48.5 Å². The van der Waals surface area contributed by atoms with Crippen LogP contribution in [-0.4, -0.2) is 20.2 Å². The standard InChI is InChI=1S/C18H21NO2/c1-20-17-10-9-16(19-11-5-6-12-19)13-18(17)21-14-15-7-3-2-4-8-15/h2-4,7-10,13H,5-6,11-12,14H2,1H3. The first-order valence-corrected chi connectivity index (χ1v) is 7.46. The summed E-state index contributed by atoms with van der Waals surface area (Å²) in [5, 5.41) is 0. The van der Waals surface area contributed by atoms with E-state index in [9.17, 15) is 0 Å². The van der Waals surface area contributed by atoms with Crippen molar-refractivity contribution in [2.45, 2.75) is 19.4 Å². The fraction of sp³-hybridized carbons (Fsp3) is 0.333. The van der Waals surface area contributed by atoms with Crippen LogP contribution in [0, 0.1) is 0 Å². The maximum atomic E-state index is 5.96. The Morgan fingerprint density at radius 1 is 0.952 bits per heavy atom. The zero-order chi connectivity index (χ0) is 14.5. The van der Waals surface area contributed by atoms with Crippen molar-refractivity contribution in [3.05, 3.63) is 54.1 Å². The molecule has 0 saturated carbocycles. The normalized spacial score (nSPS) is 14.2. The van der Waals surface area contributed by atoms with Crippen LogP contribution in [-0.2, 0) is 6.61 Å². The minimum absolute atomic E-state index is 0.556. The first kappa shape index (κ1) is 13.8. The van der Waals surface area contributed by atoms with E-state index in [-0.39, 0.29) is 0 Å². The molecular weight excluding hydrogens is 262 g/mol. The maximum absolute atomic E-state index is 5.96. The largest absolute Gasteiger partial charge is 0.493 e. The molecule has 110 valence electrons. The van der Waals surface area contributed by atoms with Gasteiger partial charge in [-0.05, 0) is 30.5 Å². The summed E-state index contributed by atoms with van der Waals surface area (Å²) in [6.07, 6.45) is 2.54. The van der Waals surface area contributed by atoms with Crippen molar-refractivity contribution in [3.63, 3.8) is 0 Å². The minimum Gasteiger partial charge on any atom is -0.493 e. The van der Waals surface area contributed by atoms with E-state index in [1.54, 1.807) is 7.11 Å². The van der Waals surface area contributed by atoms with Crippen molar-refractivity contribution in [3.8, 4) is 11.5 Å². The molecule has 1 saturated heterocycles. The summed E-state index contributed by atoms with van der Waals surface area (Å²) in [4.78, 5) is 2.40. The number of anilines is 1. The Morgan fingerprint density at radius 3 is 2.43 bits per heavy atom. The molecule has 0 aliphatic carbocycles. The zero-order valence-corrected chi connectivity index (χ0v) is 12.4. The van der Waals surface area contributed by atoms with E-state index in [1.165, 1.54) is 18.5 Å². The molecule has 0 radical (unpaired) electrons. The van der Waals surface area contributed by atoms with Crippen molar-refractivity contribution in [1.29, 1.82) is 0 Å². The van der Waals surface area contributed by atoms with E-state index >= 15 is 0 Å². The number of hydrogen-bond acceptors (Lipinski definition) is 3. The topological polar surface area (TPSA) is 21.7 Å². The van der Waals surface area contributed by atoms with Crippen molar-refractivity contribution < 1.29 is 9.47 Å². The predicted octanol–water partition coefficient (Wildman–Crippen LogP) is 3.87. The summed E-state index contributed by atoms with van der Waals surface area (Å²) in [5.41, 5.74) is 2.38. The van der Waals surface area contributed by atoms with Crippen molar-refractivity contribution in [1.82, 2.24) is 0 Å². The Hall–Kier alpha value is -2.16. The molecule has 1 aliphatic rings. The van der Waals surface area contributed by atoms with Gasteiger partial charge >= 0.3 is 0 Å². The van der Waals surface area contributed by atoms with Gasteiger partial charge in [-0.1, -0.05) is 30.3 Å². The number of nitrogens with zero attached hydrogens (tertiary/aromatic N) is 1. The van der Waals surface area contributed by atoms with E-state index in [0.29, 0.717) is 6.61 Å². The summed E-state index contributed by atoms with van der Waals surface area (Å²) in [7, 11) is 1.68. The Kier molecular flexibility index (Phi) is 4.29. The highest BCUT2D eigenvalue weighted by molar-refractivity contribution is 5.56. The summed E-state index contributed by atoms with van der Waals surface area (Å²) >= 11 is 0. The Morgan fingerprint density at radius 2 is 1.71 bits per heavy atom. The van der Waals surface area contributed by atoms with Crippen LogP contribution in [0.25, 0.3) is 0 Å². The Balaban J connectivity index is 1.76. The molecule has 0 unspecified atom stereocenters. The van der Waals surface area contributed by atoms with Crippen LogP contribution in [0.2, 0.25) is 0 Å². The lowest BCUT2D eigenvalue weighted by molar-refractivity contribution is 0.284. The van der Waals surface area contributed by atoms with E-state index in [4.69, 9.17) is 9.47 Å². The van der Waals surface area contributed by atoms with Crippen LogP contribution in [0.4, 0.5) is 5.69 Å². The highest BCUT2D eigenvalue weighted by Gasteiger charge is 2.15. The Bertz CT molecular complexity index is 577. The molecule has 1 fully saturated rings. The zero-order valence-electron chi connectivity index (χ0n) is 12.4. The first-order valence-electron chi connectivity index (χ1n) is 7.46. The predicted molar refractivity (Wildman–Crippen MR) is 85.2 cm³/mol. The summed E-state index contributed by atoms with van der Waals surface area (Å²) in [6, 6.07) is 16.4. The second-order valence-corrected chi connectivity index (χ2v) is 5.30. The molecule has 3 nitrogen and oxygen atoms in total. The van der Waals surface area contributed by atoms with Crippen molar-refractivity contribution in [2.24, 2.45) is 0 Å². The van der Waals surface area contributed by atoms with E-state index in [2.05, 4.69) is 29.2 Å². The van der Waals surface area contributed by atoms with Crippen LogP contribution in [0.5, 0.6) is 11.5 Å². The third-order valence-corrected chi connectivity index (χ3v) is 3.86. The SMILES string of the molecule is COc1ccc(N2CCCC2)cc1OCc1ccccc1. The molecule has 0 aromatic heterocycles. The van der Waals surface area contributed by atoms with Gasteiger partial charge in [0.15, 0.2) is 11.5 Å². The van der Waals surface area contributed by atoms with Gasteiger partial charge < -0.3 is 14.4 Å². The number of hydrogen-bond donors (Lipinski definition) is 0. The first-order chi connectivity index (χ1) is 10.4. The number of methoxy groups -OCH3 is 1. The van der Waals surface area contributed by atoms with Gasteiger partial charge in [-0.3, -0.25) is 0 Å². The number of rotatable bonds is 5. The molecule has 0 amide bonds. The summed E-state index contributed by atoms with van der Waals surface area (Å²) < 4.78 is 11.4. The molecule has 0 N–H and O–H groups in total. The van der Waals surface area contributed by atoms with Crippen LogP contribution in [0.3, 0.4) is 0 Å². The van der Waals surface area contributed by atoms with Gasteiger partial charge in [0, 0.05) is 24.8 Å². The highest BCUT2D eigenvalue weighted by atomic mass is 16.5. The minimum atomic E-state index is 0.556. The smallest absolute Gasteiger partial charge is 0.163 e. The van der Waals surface area contributed by atoms with Gasteiger partial charge in [0.25, 0.3) is 0 Å². The van der Waals surface area contributed by atoms with E-state index in [0.717, 1.165) is 30.2 Å². The molecule has 3 rings (SSSR count). The van der Waals surface area contributed by atoms with Crippen LogP contribution in [0.1, 0.15) is 18.4 Å². The van der Waals surface area contributed by atoms with E-state index in [1.807, 2.05) is 24.3 Å². The summed E-state index contributed by atoms with van der Waals surface area (Å²) in [5.74, 6) is 1.60. The average molecular weight is 283 g/mol. The molecule has 1 heterocycles. The van der Waals surface area contributed by atoms with Gasteiger partial charge in [0.1, 0.15) is 6.61 Å². The fourth-order valence-corrected chi connectivity index (χ4v) is 2.69. The number of ether oxygens (including phenoxy) is 2. The monoisotopic (exact) mass is 283 g/mol. The lowest BCUT2D eigenvalue weighted by Gasteiger charge is -2.20. The molecular formula is C18H21NO2. The molecule has 3 heteroatoms. The summed E-state index contributed by atoms with van der Waals surface area (Å²) in [6.45, 7) is 2.82. The highest BCUT2D eigenvalue weighted by Crippen LogP contribution is 2.33. The van der Waals surface area contributed by atoms with Crippen LogP contribution >= 0.6 is 0 Å². The molecule has 2 aromatic carbocycles. The molecule has 21 heavy (non-hydrogen) atoms. The van der Waals surface area contributed by atoms with Crippen molar-refractivity contribution in [2.75, 3.05) is 25.1 Å². The molecule has 1 aliphatic heterocycles. The third kappa shape index (κ3) is 3.30. The van der Waals surface area contributed by atoms with Crippen molar-refractivity contribution >= 4 is 5.69 Å². The Labute approximate surface area is 126 Å². The quantitative estimate of drug-likeness (QED) is 0.831. The molecule has 2 aromatic rings. The van der Waals surface area contributed by atoms with Gasteiger partial charge in [-0.2, -0.15) is 0 Å². The number of benzene rings is 2. The molecule has 0 atom stereocenters. The molecule has 0 bridgehead atoms. The third-order valence-electron chi connectivity index (χ3n) is 3.86. The second-order valence-electron chi connectivity index (χ2n) is 5.30. The van der Waals surface area contributed by atoms with Crippen LogP contribution < -0.4 is 14.4 Å². The van der Waals surface area contributed by atoms with Gasteiger partial charge in [-0.15, -0.1) is 0 Å². The lowest BCUT2D eigenvalue weighted by atomic mass is 10.2. The maximum Gasteiger partial charge on any atom is 0.163 e. The van der Waals surface area contributed by atoms with Gasteiger partial charge in [0.05, 0.1) is 7.11 Å². The van der Waals surface area contributed by atoms with Gasteiger partial charge in [0.2, 0.25) is 0 Å². The average Bonchev–Trinajstić information content (AvgIpc) is 3.08.